The van der Waals surface area contributed by atoms with Crippen LogP contribution >= 0.6 is 11.3 Å². The first-order valence-corrected chi connectivity index (χ1v) is 9.33. The van der Waals surface area contributed by atoms with E-state index in [-0.39, 0.29) is 5.56 Å². The van der Waals surface area contributed by atoms with Gasteiger partial charge in [0.2, 0.25) is 0 Å². The summed E-state index contributed by atoms with van der Waals surface area (Å²) in [6.07, 6.45) is 2.20. The van der Waals surface area contributed by atoms with Gasteiger partial charge in [-0.05, 0) is 37.6 Å². The number of hydrogen-bond acceptors (Lipinski definition) is 4. The molecule has 5 heteroatoms. The second kappa shape index (κ2) is 7.73. The summed E-state index contributed by atoms with van der Waals surface area (Å²) in [5.74, 6) is 0.760. The number of hydrogen-bond donors (Lipinski definition) is 1. The maximum Gasteiger partial charge on any atom is 0.259 e. The molecule has 4 nitrogen and oxygen atoms in total. The molecular weight excluding hydrogens is 318 g/mol. The van der Waals surface area contributed by atoms with Crippen LogP contribution in [-0.2, 0) is 6.54 Å². The Bertz CT molecular complexity index is 848. The van der Waals surface area contributed by atoms with Crippen molar-refractivity contribution >= 4 is 21.6 Å². The summed E-state index contributed by atoms with van der Waals surface area (Å²) < 4.78 is 0. The van der Waals surface area contributed by atoms with E-state index in [2.05, 4.69) is 35.9 Å². The molecule has 0 saturated carbocycles. The van der Waals surface area contributed by atoms with Crippen LogP contribution < -0.4 is 5.56 Å². The summed E-state index contributed by atoms with van der Waals surface area (Å²) >= 11 is 1.58. The molecule has 2 heterocycles. The third-order valence-electron chi connectivity index (χ3n) is 3.96. The Morgan fingerprint density at radius 1 is 1.12 bits per heavy atom. The Morgan fingerprint density at radius 2 is 1.83 bits per heavy atom. The van der Waals surface area contributed by atoms with Gasteiger partial charge < -0.3 is 4.98 Å². The van der Waals surface area contributed by atoms with Crippen LogP contribution in [0, 0.1) is 0 Å². The number of thiophene rings is 1. The molecule has 0 spiro atoms. The number of rotatable bonds is 7. The Kier molecular flexibility index (Phi) is 5.43. The second-order valence-electron chi connectivity index (χ2n) is 5.98. The molecule has 0 bridgehead atoms. The van der Waals surface area contributed by atoms with Crippen molar-refractivity contribution in [1.82, 2.24) is 14.9 Å². The molecule has 1 aromatic carbocycles. The fraction of sp³-hybridized carbons (Fsp3) is 0.368. The molecule has 0 fully saturated rings. The van der Waals surface area contributed by atoms with Crippen LogP contribution in [0.3, 0.4) is 0 Å². The van der Waals surface area contributed by atoms with Gasteiger partial charge in [-0.1, -0.05) is 44.2 Å². The Morgan fingerprint density at radius 3 is 2.50 bits per heavy atom. The van der Waals surface area contributed by atoms with Crippen LogP contribution in [0.25, 0.3) is 20.7 Å². The zero-order chi connectivity index (χ0) is 16.9. The smallest absolute Gasteiger partial charge is 0.259 e. The monoisotopic (exact) mass is 341 g/mol. The van der Waals surface area contributed by atoms with Gasteiger partial charge in [0.1, 0.15) is 10.7 Å². The van der Waals surface area contributed by atoms with Crippen LogP contribution in [0.1, 0.15) is 32.5 Å². The second-order valence-corrected chi connectivity index (χ2v) is 7.01. The van der Waals surface area contributed by atoms with E-state index in [1.807, 2.05) is 24.3 Å². The van der Waals surface area contributed by atoms with Gasteiger partial charge in [-0.2, -0.15) is 0 Å². The van der Waals surface area contributed by atoms with Crippen molar-refractivity contribution in [2.24, 2.45) is 0 Å². The molecule has 1 N–H and O–H groups in total. The third-order valence-corrected chi connectivity index (χ3v) is 5.04. The van der Waals surface area contributed by atoms with E-state index in [0.717, 1.165) is 47.0 Å². The number of H-pyrrole nitrogens is 1. The fourth-order valence-corrected chi connectivity index (χ4v) is 3.97. The zero-order valence-electron chi connectivity index (χ0n) is 14.2. The molecule has 24 heavy (non-hydrogen) atoms. The number of benzene rings is 1. The number of nitrogens with zero attached hydrogens (tertiary/aromatic N) is 2. The van der Waals surface area contributed by atoms with Crippen molar-refractivity contribution in [3.8, 4) is 10.4 Å². The Balaban J connectivity index is 1.93. The van der Waals surface area contributed by atoms with Crippen molar-refractivity contribution < 1.29 is 0 Å². The number of fused-ring (bicyclic) bond motifs is 1. The van der Waals surface area contributed by atoms with E-state index in [1.165, 1.54) is 0 Å². The van der Waals surface area contributed by atoms with Crippen LogP contribution in [0.15, 0.2) is 41.2 Å². The van der Waals surface area contributed by atoms with Gasteiger partial charge in [-0.25, -0.2) is 4.98 Å². The minimum atomic E-state index is -0.0404. The van der Waals surface area contributed by atoms with E-state index in [1.54, 1.807) is 11.3 Å². The van der Waals surface area contributed by atoms with Crippen molar-refractivity contribution in [2.75, 3.05) is 13.1 Å². The highest BCUT2D eigenvalue weighted by Crippen LogP contribution is 2.30. The zero-order valence-corrected chi connectivity index (χ0v) is 15.0. The molecule has 0 unspecified atom stereocenters. The van der Waals surface area contributed by atoms with Crippen molar-refractivity contribution in [3.63, 3.8) is 0 Å². The normalized spacial score (nSPS) is 11.5. The highest BCUT2D eigenvalue weighted by Gasteiger charge is 2.12. The topological polar surface area (TPSA) is 49.0 Å². The molecule has 3 rings (SSSR count). The third kappa shape index (κ3) is 3.74. The van der Waals surface area contributed by atoms with E-state index in [9.17, 15) is 4.79 Å². The van der Waals surface area contributed by atoms with Crippen LogP contribution in [0.5, 0.6) is 0 Å². The number of aromatic amines is 1. The van der Waals surface area contributed by atoms with Gasteiger partial charge in [-0.15, -0.1) is 11.3 Å². The van der Waals surface area contributed by atoms with E-state index in [4.69, 9.17) is 4.98 Å². The molecule has 0 saturated heterocycles. The maximum atomic E-state index is 12.4. The Labute approximate surface area is 146 Å². The number of nitrogens with one attached hydrogen (secondary N) is 1. The van der Waals surface area contributed by atoms with Gasteiger partial charge in [0.25, 0.3) is 5.56 Å². The summed E-state index contributed by atoms with van der Waals surface area (Å²) in [4.78, 5) is 24.3. The fourth-order valence-electron chi connectivity index (χ4n) is 2.91. The van der Waals surface area contributed by atoms with Gasteiger partial charge >= 0.3 is 0 Å². The molecule has 2 aromatic heterocycles. The lowest BCUT2D eigenvalue weighted by molar-refractivity contribution is 0.260. The predicted molar refractivity (Wildman–Crippen MR) is 102 cm³/mol. The van der Waals surface area contributed by atoms with E-state index < -0.39 is 0 Å². The van der Waals surface area contributed by atoms with Crippen LogP contribution in [0.2, 0.25) is 0 Å². The average molecular weight is 341 g/mol. The van der Waals surface area contributed by atoms with Crippen molar-refractivity contribution in [2.45, 2.75) is 33.2 Å². The largest absolute Gasteiger partial charge is 0.309 e. The molecule has 0 aliphatic carbocycles. The first kappa shape index (κ1) is 16.9. The van der Waals surface area contributed by atoms with Crippen LogP contribution in [0.4, 0.5) is 0 Å². The lowest BCUT2D eigenvalue weighted by Crippen LogP contribution is -2.27. The summed E-state index contributed by atoms with van der Waals surface area (Å²) in [6, 6.07) is 12.1. The first-order chi connectivity index (χ1) is 11.7. The molecule has 0 atom stereocenters. The highest BCUT2D eigenvalue weighted by molar-refractivity contribution is 7.21. The first-order valence-electron chi connectivity index (χ1n) is 8.51. The predicted octanol–water partition coefficient (Wildman–Crippen LogP) is 4.27. The maximum absolute atomic E-state index is 12.4. The van der Waals surface area contributed by atoms with Crippen molar-refractivity contribution in [1.29, 1.82) is 0 Å². The summed E-state index contributed by atoms with van der Waals surface area (Å²) in [7, 11) is 0. The van der Waals surface area contributed by atoms with Gasteiger partial charge in [0.05, 0.1) is 11.9 Å². The van der Waals surface area contributed by atoms with Crippen molar-refractivity contribution in [3.05, 3.63) is 52.6 Å². The minimum absolute atomic E-state index is 0.0404. The standard InChI is InChI=1S/C19H23N3OS/c1-3-10-22(11-4-2)13-17-20-18(23)15-12-16(24-19(15)21-17)14-8-6-5-7-9-14/h5-9,12H,3-4,10-11,13H2,1-2H3,(H,20,21,23). The molecular formula is C19H23N3OS. The molecule has 3 aromatic rings. The summed E-state index contributed by atoms with van der Waals surface area (Å²) in [6.45, 7) is 7.09. The lowest BCUT2D eigenvalue weighted by Gasteiger charge is -2.19. The molecule has 0 amide bonds. The lowest BCUT2D eigenvalue weighted by atomic mass is 10.2. The van der Waals surface area contributed by atoms with Gasteiger partial charge in [0.15, 0.2) is 0 Å². The van der Waals surface area contributed by atoms with Crippen LogP contribution in [-0.4, -0.2) is 28.0 Å². The highest BCUT2D eigenvalue weighted by atomic mass is 32.1. The van der Waals surface area contributed by atoms with Gasteiger partial charge in [-0.3, -0.25) is 9.69 Å². The van der Waals surface area contributed by atoms with Gasteiger partial charge in [0, 0.05) is 4.88 Å². The van der Waals surface area contributed by atoms with E-state index >= 15 is 0 Å². The molecule has 126 valence electrons. The molecule has 0 aliphatic heterocycles. The summed E-state index contributed by atoms with van der Waals surface area (Å²) in [5.41, 5.74) is 1.08. The molecule has 0 radical (unpaired) electrons. The SMILES string of the molecule is CCCN(CCC)Cc1nc2sc(-c3ccccc3)cc2c(=O)[nH]1. The minimum Gasteiger partial charge on any atom is -0.309 e. The Hall–Kier alpha value is -1.98. The molecule has 0 aliphatic rings. The average Bonchev–Trinajstić information content (AvgIpc) is 3.01. The van der Waals surface area contributed by atoms with E-state index in [0.29, 0.717) is 11.9 Å². The quantitative estimate of drug-likeness (QED) is 0.698. The number of aromatic nitrogens is 2. The summed E-state index contributed by atoms with van der Waals surface area (Å²) in [5, 5.41) is 0.681.